The minimum atomic E-state index is -3.58. The van der Waals surface area contributed by atoms with Crippen LogP contribution in [0.3, 0.4) is 0 Å². The third-order valence-electron chi connectivity index (χ3n) is 5.56. The Balaban J connectivity index is 1.75. The average molecular weight is 373 g/mol. The van der Waals surface area contributed by atoms with Gasteiger partial charge in [-0.2, -0.15) is 4.31 Å². The number of rotatable bonds is 4. The lowest BCUT2D eigenvalue weighted by atomic mass is 9.98. The van der Waals surface area contributed by atoms with Gasteiger partial charge in [-0.15, -0.1) is 0 Å². The number of piperidine rings is 1. The molecule has 2 heterocycles. The third kappa shape index (κ3) is 2.53. The molecule has 2 aromatic carbocycles. The monoisotopic (exact) mass is 373 g/mol. The molecular weight excluding hydrogens is 350 g/mol. The number of nitrogens with one attached hydrogen (secondary N) is 1. The van der Waals surface area contributed by atoms with Gasteiger partial charge in [0.05, 0.1) is 10.6 Å². The molecular formula is C19H23N3O3S. The highest BCUT2D eigenvalue weighted by Gasteiger charge is 2.34. The van der Waals surface area contributed by atoms with Crippen LogP contribution in [0.15, 0.2) is 35.2 Å². The van der Waals surface area contributed by atoms with Gasteiger partial charge in [0.2, 0.25) is 10.0 Å². The molecule has 0 saturated carbocycles. The predicted molar refractivity (Wildman–Crippen MR) is 102 cm³/mol. The minimum absolute atomic E-state index is 0.0898. The van der Waals surface area contributed by atoms with Crippen molar-refractivity contribution in [1.29, 1.82) is 0 Å². The fraction of sp³-hybridized carbons (Fsp3) is 0.421. The molecule has 7 heteroatoms. The molecule has 0 aliphatic carbocycles. The van der Waals surface area contributed by atoms with E-state index in [0.717, 1.165) is 30.5 Å². The average Bonchev–Trinajstić information content (AvgIpc) is 2.89. The second-order valence-electron chi connectivity index (χ2n) is 7.08. The normalized spacial score (nSPS) is 18.8. The number of benzene rings is 2. The van der Waals surface area contributed by atoms with E-state index in [0.29, 0.717) is 34.9 Å². The summed E-state index contributed by atoms with van der Waals surface area (Å²) in [4.78, 5) is 14.3. The Morgan fingerprint density at radius 3 is 2.58 bits per heavy atom. The smallest absolute Gasteiger partial charge is 0.258 e. The third-order valence-corrected chi connectivity index (χ3v) is 7.52. The Hall–Kier alpha value is -1.96. The SMILES string of the molecule is CNCC1CCN(S(=O)(=O)c2ccc3c4c(cccc24)C(=O)N3C)CC1. The van der Waals surface area contributed by atoms with Gasteiger partial charge in [0.15, 0.2) is 0 Å². The molecule has 0 atom stereocenters. The first-order valence-electron chi connectivity index (χ1n) is 8.93. The Labute approximate surface area is 153 Å². The van der Waals surface area contributed by atoms with Crippen molar-refractivity contribution in [3.8, 4) is 0 Å². The molecule has 1 amide bonds. The molecule has 1 saturated heterocycles. The summed E-state index contributed by atoms with van der Waals surface area (Å²) in [6, 6.07) is 8.71. The topological polar surface area (TPSA) is 69.7 Å². The van der Waals surface area contributed by atoms with Crippen LogP contribution in [0.2, 0.25) is 0 Å². The molecule has 0 unspecified atom stereocenters. The van der Waals surface area contributed by atoms with Gasteiger partial charge >= 0.3 is 0 Å². The molecule has 1 fully saturated rings. The largest absolute Gasteiger partial charge is 0.319 e. The van der Waals surface area contributed by atoms with Crippen molar-refractivity contribution in [3.05, 3.63) is 35.9 Å². The second-order valence-corrected chi connectivity index (χ2v) is 8.99. The van der Waals surface area contributed by atoms with Crippen LogP contribution in [0.1, 0.15) is 23.2 Å². The van der Waals surface area contributed by atoms with Crippen LogP contribution in [-0.4, -0.2) is 52.4 Å². The number of carbonyl (C=O) groups excluding carboxylic acids is 1. The van der Waals surface area contributed by atoms with Crippen molar-refractivity contribution in [3.63, 3.8) is 0 Å². The zero-order chi connectivity index (χ0) is 18.5. The van der Waals surface area contributed by atoms with E-state index in [2.05, 4.69) is 5.32 Å². The van der Waals surface area contributed by atoms with E-state index in [1.54, 1.807) is 46.6 Å². The lowest BCUT2D eigenvalue weighted by Crippen LogP contribution is -2.40. The summed E-state index contributed by atoms with van der Waals surface area (Å²) >= 11 is 0. The Morgan fingerprint density at radius 2 is 1.88 bits per heavy atom. The van der Waals surface area contributed by atoms with Crippen molar-refractivity contribution < 1.29 is 13.2 Å². The first kappa shape index (κ1) is 17.5. The molecule has 2 aliphatic heterocycles. The van der Waals surface area contributed by atoms with E-state index in [1.807, 2.05) is 7.05 Å². The number of anilines is 1. The van der Waals surface area contributed by atoms with Crippen LogP contribution in [0, 0.1) is 5.92 Å². The summed E-state index contributed by atoms with van der Waals surface area (Å²) in [5, 5.41) is 4.55. The molecule has 0 spiro atoms. The number of nitrogens with zero attached hydrogens (tertiary/aromatic N) is 2. The van der Waals surface area contributed by atoms with Crippen molar-refractivity contribution in [2.75, 3.05) is 38.6 Å². The zero-order valence-corrected chi connectivity index (χ0v) is 15.8. The van der Waals surface area contributed by atoms with Gasteiger partial charge < -0.3 is 10.2 Å². The number of carbonyl (C=O) groups is 1. The molecule has 0 aromatic heterocycles. The highest BCUT2D eigenvalue weighted by molar-refractivity contribution is 7.89. The quantitative estimate of drug-likeness (QED) is 0.891. The van der Waals surface area contributed by atoms with Crippen LogP contribution >= 0.6 is 0 Å². The number of sulfonamides is 1. The lowest BCUT2D eigenvalue weighted by molar-refractivity contribution is 0.0999. The fourth-order valence-electron chi connectivity index (χ4n) is 4.12. The minimum Gasteiger partial charge on any atom is -0.319 e. The van der Waals surface area contributed by atoms with Crippen LogP contribution in [-0.2, 0) is 10.0 Å². The van der Waals surface area contributed by atoms with Crippen LogP contribution in [0.4, 0.5) is 5.69 Å². The van der Waals surface area contributed by atoms with Crippen molar-refractivity contribution >= 4 is 32.4 Å². The molecule has 2 aromatic rings. The predicted octanol–water partition coefficient (Wildman–Crippen LogP) is 2.05. The van der Waals surface area contributed by atoms with E-state index in [1.165, 1.54) is 0 Å². The van der Waals surface area contributed by atoms with Crippen LogP contribution in [0.25, 0.3) is 10.8 Å². The van der Waals surface area contributed by atoms with Crippen LogP contribution in [0.5, 0.6) is 0 Å². The van der Waals surface area contributed by atoms with Crippen molar-refractivity contribution in [2.24, 2.45) is 5.92 Å². The standard InChI is InChI=1S/C19H23N3O3S/c1-20-12-13-8-10-22(11-9-13)26(24,25)17-7-6-16-18-14(17)4-3-5-15(18)19(23)21(16)2/h3-7,13,20H,8-12H2,1-2H3. The Kier molecular flexibility index (Phi) is 4.25. The molecule has 6 nitrogen and oxygen atoms in total. The maximum atomic E-state index is 13.3. The van der Waals surface area contributed by atoms with Gasteiger partial charge in [-0.3, -0.25) is 4.79 Å². The van der Waals surface area contributed by atoms with Gasteiger partial charge in [-0.25, -0.2) is 8.42 Å². The van der Waals surface area contributed by atoms with E-state index in [9.17, 15) is 13.2 Å². The highest BCUT2D eigenvalue weighted by Crippen LogP contribution is 2.40. The maximum absolute atomic E-state index is 13.3. The molecule has 0 bridgehead atoms. The summed E-state index contributed by atoms with van der Waals surface area (Å²) < 4.78 is 28.2. The summed E-state index contributed by atoms with van der Waals surface area (Å²) in [5.41, 5.74) is 1.34. The summed E-state index contributed by atoms with van der Waals surface area (Å²) in [6.07, 6.45) is 1.73. The van der Waals surface area contributed by atoms with Gasteiger partial charge in [0, 0.05) is 36.5 Å². The van der Waals surface area contributed by atoms with Gasteiger partial charge in [-0.1, -0.05) is 12.1 Å². The molecule has 26 heavy (non-hydrogen) atoms. The van der Waals surface area contributed by atoms with Crippen LogP contribution < -0.4 is 10.2 Å². The number of hydrogen-bond acceptors (Lipinski definition) is 4. The van der Waals surface area contributed by atoms with Crippen molar-refractivity contribution in [2.45, 2.75) is 17.7 Å². The summed E-state index contributed by atoms with van der Waals surface area (Å²) in [5.74, 6) is 0.429. The maximum Gasteiger partial charge on any atom is 0.258 e. The summed E-state index contributed by atoms with van der Waals surface area (Å²) in [7, 11) is 0.0602. The highest BCUT2D eigenvalue weighted by atomic mass is 32.2. The molecule has 138 valence electrons. The Morgan fingerprint density at radius 1 is 1.15 bits per heavy atom. The molecule has 2 aliphatic rings. The van der Waals surface area contributed by atoms with Crippen molar-refractivity contribution in [1.82, 2.24) is 9.62 Å². The molecule has 0 radical (unpaired) electrons. The lowest BCUT2D eigenvalue weighted by Gasteiger charge is -2.31. The van der Waals surface area contributed by atoms with Gasteiger partial charge in [-0.05, 0) is 50.6 Å². The number of amides is 1. The Bertz CT molecular complexity index is 979. The van der Waals surface area contributed by atoms with Gasteiger partial charge in [0.25, 0.3) is 5.91 Å². The molecule has 1 N–H and O–H groups in total. The first-order valence-corrected chi connectivity index (χ1v) is 10.4. The zero-order valence-electron chi connectivity index (χ0n) is 15.0. The van der Waals surface area contributed by atoms with E-state index in [4.69, 9.17) is 0 Å². The second kappa shape index (κ2) is 6.33. The van der Waals surface area contributed by atoms with Gasteiger partial charge in [0.1, 0.15) is 0 Å². The molecule has 4 rings (SSSR count). The summed E-state index contributed by atoms with van der Waals surface area (Å²) in [6.45, 7) is 2.00. The fourth-order valence-corrected chi connectivity index (χ4v) is 5.77. The first-order chi connectivity index (χ1) is 12.4. The van der Waals surface area contributed by atoms with E-state index >= 15 is 0 Å². The number of hydrogen-bond donors (Lipinski definition) is 1. The van der Waals surface area contributed by atoms with E-state index < -0.39 is 10.0 Å². The van der Waals surface area contributed by atoms with E-state index in [-0.39, 0.29) is 5.91 Å².